The Morgan fingerprint density at radius 2 is 1.74 bits per heavy atom. The van der Waals surface area contributed by atoms with Crippen LogP contribution >= 0.6 is 0 Å². The van der Waals surface area contributed by atoms with Crippen molar-refractivity contribution in [2.75, 3.05) is 13.7 Å². The molecule has 1 heterocycles. The van der Waals surface area contributed by atoms with Crippen LogP contribution in [0.2, 0.25) is 0 Å². The molecule has 4 rings (SSSR count). The van der Waals surface area contributed by atoms with E-state index in [1.807, 2.05) is 85.8 Å². The number of hydrogen-bond donors (Lipinski definition) is 1. The lowest BCUT2D eigenvalue weighted by Crippen LogP contribution is -2.54. The number of amides is 1. The van der Waals surface area contributed by atoms with Crippen LogP contribution in [0.1, 0.15) is 29.8 Å². The molecule has 0 radical (unpaired) electrons. The van der Waals surface area contributed by atoms with E-state index >= 15 is 0 Å². The van der Waals surface area contributed by atoms with Crippen molar-refractivity contribution >= 4 is 11.9 Å². The first-order valence-electron chi connectivity index (χ1n) is 13.1. The van der Waals surface area contributed by atoms with E-state index in [1.165, 1.54) is 6.92 Å². The van der Waals surface area contributed by atoms with Gasteiger partial charge in [-0.25, -0.2) is 0 Å². The molecule has 1 aliphatic heterocycles. The summed E-state index contributed by atoms with van der Waals surface area (Å²) < 4.78 is 24.3. The molecule has 3 aromatic carbocycles. The van der Waals surface area contributed by atoms with E-state index in [0.717, 1.165) is 16.7 Å². The van der Waals surface area contributed by atoms with Gasteiger partial charge >= 0.3 is 5.97 Å². The number of ether oxygens (including phenoxy) is 4. The van der Waals surface area contributed by atoms with E-state index in [4.69, 9.17) is 18.9 Å². The highest BCUT2D eigenvalue weighted by Gasteiger charge is 2.45. The first kappa shape index (κ1) is 28.1. The van der Waals surface area contributed by atoms with Gasteiger partial charge in [0.15, 0.2) is 0 Å². The summed E-state index contributed by atoms with van der Waals surface area (Å²) in [5.41, 5.74) is 3.49. The maximum atomic E-state index is 12.0. The standard InChI is InChI=1S/C32H35NO6/c1-5-28-21(2)29(20-36-22(3)34)39-32(30(28)37-19-23-10-7-6-8-11-23)38-27-16-14-24(15-17-27)25-12-9-13-26(18-25)31(35)33-4/h5-18,21,28-30,32H,1,19-20H2,2-4H3,(H,33,35)/t21-,28-,29+,30-,32-/m0/s1. The van der Waals surface area contributed by atoms with Crippen LogP contribution in [0, 0.1) is 11.8 Å². The Labute approximate surface area is 229 Å². The minimum Gasteiger partial charge on any atom is -0.463 e. The molecule has 204 valence electrons. The van der Waals surface area contributed by atoms with E-state index in [2.05, 4.69) is 11.9 Å². The SMILES string of the molecule is C=C[C@H]1[C@H](C)[C@@H](COC(C)=O)O[C@H](Oc2ccc(-c3cccc(C(=O)NC)c3)cc2)[C@H]1OCc1ccccc1. The molecular formula is C32H35NO6. The summed E-state index contributed by atoms with van der Waals surface area (Å²) in [6.45, 7) is 7.98. The molecule has 0 aromatic heterocycles. The molecule has 1 N–H and O–H groups in total. The number of rotatable bonds is 10. The van der Waals surface area contributed by atoms with Crippen molar-refractivity contribution in [3.63, 3.8) is 0 Å². The lowest BCUT2D eigenvalue weighted by molar-refractivity contribution is -0.255. The second kappa shape index (κ2) is 13.2. The Balaban J connectivity index is 1.55. The van der Waals surface area contributed by atoms with Crippen molar-refractivity contribution in [1.82, 2.24) is 5.32 Å². The topological polar surface area (TPSA) is 83.1 Å². The van der Waals surface area contributed by atoms with E-state index < -0.39 is 12.4 Å². The lowest BCUT2D eigenvalue weighted by Gasteiger charge is -2.44. The first-order chi connectivity index (χ1) is 18.9. The van der Waals surface area contributed by atoms with Gasteiger partial charge in [0.25, 0.3) is 5.91 Å². The number of esters is 1. The molecule has 39 heavy (non-hydrogen) atoms. The van der Waals surface area contributed by atoms with Gasteiger partial charge in [0.2, 0.25) is 6.29 Å². The molecule has 1 fully saturated rings. The molecule has 1 saturated heterocycles. The molecule has 0 spiro atoms. The molecule has 7 heteroatoms. The van der Waals surface area contributed by atoms with E-state index in [0.29, 0.717) is 17.9 Å². The second-order valence-corrected chi connectivity index (χ2v) is 9.58. The van der Waals surface area contributed by atoms with Crippen molar-refractivity contribution in [2.24, 2.45) is 11.8 Å². The van der Waals surface area contributed by atoms with Crippen molar-refractivity contribution < 1.29 is 28.5 Å². The Morgan fingerprint density at radius 3 is 2.41 bits per heavy atom. The zero-order valence-corrected chi connectivity index (χ0v) is 22.5. The zero-order valence-electron chi connectivity index (χ0n) is 22.5. The summed E-state index contributed by atoms with van der Waals surface area (Å²) >= 11 is 0. The predicted molar refractivity (Wildman–Crippen MR) is 149 cm³/mol. The smallest absolute Gasteiger partial charge is 0.302 e. The van der Waals surface area contributed by atoms with Crippen LogP contribution in [0.25, 0.3) is 11.1 Å². The summed E-state index contributed by atoms with van der Waals surface area (Å²) in [6, 6.07) is 25.0. The van der Waals surface area contributed by atoms with Crippen molar-refractivity contribution in [2.45, 2.75) is 39.0 Å². The van der Waals surface area contributed by atoms with Gasteiger partial charge in [0.1, 0.15) is 18.5 Å². The van der Waals surface area contributed by atoms with Crippen LogP contribution in [-0.4, -0.2) is 44.0 Å². The minimum atomic E-state index is -0.754. The van der Waals surface area contributed by atoms with Crippen molar-refractivity contribution in [3.05, 3.63) is 103 Å². The Bertz CT molecular complexity index is 1260. The number of carbonyl (C=O) groups is 2. The summed E-state index contributed by atoms with van der Waals surface area (Å²) in [6.07, 6.45) is 0.291. The minimum absolute atomic E-state index is 0.0163. The van der Waals surface area contributed by atoms with Crippen LogP contribution in [0.3, 0.4) is 0 Å². The maximum absolute atomic E-state index is 12.0. The lowest BCUT2D eigenvalue weighted by atomic mass is 9.82. The van der Waals surface area contributed by atoms with Crippen LogP contribution < -0.4 is 10.1 Å². The fourth-order valence-electron chi connectivity index (χ4n) is 4.74. The molecular weight excluding hydrogens is 494 g/mol. The first-order valence-corrected chi connectivity index (χ1v) is 13.1. The fraction of sp³-hybridized carbons (Fsp3) is 0.312. The Morgan fingerprint density at radius 1 is 1.00 bits per heavy atom. The van der Waals surface area contributed by atoms with Crippen molar-refractivity contribution in [1.29, 1.82) is 0 Å². The molecule has 0 saturated carbocycles. The van der Waals surface area contributed by atoms with Crippen LogP contribution in [0.15, 0.2) is 91.5 Å². The molecule has 5 atom stereocenters. The van der Waals surface area contributed by atoms with Gasteiger partial charge in [-0.05, 0) is 46.9 Å². The third kappa shape index (κ3) is 7.13. The summed E-state index contributed by atoms with van der Waals surface area (Å²) in [5.74, 6) is -0.0145. The van der Waals surface area contributed by atoms with E-state index in [9.17, 15) is 9.59 Å². The zero-order chi connectivity index (χ0) is 27.8. The van der Waals surface area contributed by atoms with Crippen molar-refractivity contribution in [3.8, 4) is 16.9 Å². The Hall–Kier alpha value is -3.94. The number of benzene rings is 3. The molecule has 7 nitrogen and oxygen atoms in total. The number of nitrogens with one attached hydrogen (secondary N) is 1. The average molecular weight is 530 g/mol. The number of carbonyl (C=O) groups excluding carboxylic acids is 2. The van der Waals surface area contributed by atoms with E-state index in [1.54, 1.807) is 13.1 Å². The quantitative estimate of drug-likeness (QED) is 0.280. The summed E-state index contributed by atoms with van der Waals surface area (Å²) in [4.78, 5) is 23.5. The summed E-state index contributed by atoms with van der Waals surface area (Å²) in [5, 5.41) is 2.65. The predicted octanol–water partition coefficient (Wildman–Crippen LogP) is 5.40. The third-order valence-electron chi connectivity index (χ3n) is 6.95. The summed E-state index contributed by atoms with van der Waals surface area (Å²) in [7, 11) is 1.61. The monoisotopic (exact) mass is 529 g/mol. The van der Waals surface area contributed by atoms with E-state index in [-0.39, 0.29) is 36.4 Å². The third-order valence-corrected chi connectivity index (χ3v) is 6.95. The molecule has 3 aromatic rings. The largest absolute Gasteiger partial charge is 0.463 e. The Kier molecular flexibility index (Phi) is 9.52. The van der Waals surface area contributed by atoms with Gasteiger partial charge in [-0.1, -0.05) is 67.6 Å². The van der Waals surface area contributed by atoms with Gasteiger partial charge in [-0.2, -0.15) is 0 Å². The molecule has 0 aliphatic carbocycles. The van der Waals surface area contributed by atoms with Crippen LogP contribution in [0.5, 0.6) is 5.75 Å². The highest BCUT2D eigenvalue weighted by atomic mass is 16.7. The highest BCUT2D eigenvalue weighted by molar-refractivity contribution is 5.95. The van der Waals surface area contributed by atoms with Gasteiger partial charge in [0.05, 0.1) is 12.7 Å². The molecule has 0 unspecified atom stereocenters. The maximum Gasteiger partial charge on any atom is 0.302 e. The normalized spacial score (nSPS) is 22.5. The van der Waals surface area contributed by atoms with Gasteiger partial charge in [0, 0.05) is 25.5 Å². The molecule has 1 aliphatic rings. The molecule has 1 amide bonds. The number of hydrogen-bond acceptors (Lipinski definition) is 6. The van der Waals surface area contributed by atoms with Crippen LogP contribution in [-0.2, 0) is 25.6 Å². The van der Waals surface area contributed by atoms with Gasteiger partial charge < -0.3 is 24.3 Å². The van der Waals surface area contributed by atoms with Gasteiger partial charge in [-0.3, -0.25) is 9.59 Å². The average Bonchev–Trinajstić information content (AvgIpc) is 2.96. The second-order valence-electron chi connectivity index (χ2n) is 9.58. The van der Waals surface area contributed by atoms with Gasteiger partial charge in [-0.15, -0.1) is 6.58 Å². The highest BCUT2D eigenvalue weighted by Crippen LogP contribution is 2.36. The fourth-order valence-corrected chi connectivity index (χ4v) is 4.74. The van der Waals surface area contributed by atoms with Crippen LogP contribution in [0.4, 0.5) is 0 Å². The molecule has 0 bridgehead atoms.